The van der Waals surface area contributed by atoms with E-state index in [2.05, 4.69) is 49.0 Å². The quantitative estimate of drug-likeness (QED) is 0.614. The Morgan fingerprint density at radius 1 is 1.17 bits per heavy atom. The molecule has 8 nitrogen and oxygen atoms in total. The van der Waals surface area contributed by atoms with Crippen LogP contribution in [0.5, 0.6) is 0 Å². The monoisotopic (exact) mass is 408 g/mol. The lowest BCUT2D eigenvalue weighted by Gasteiger charge is -2.18. The molecule has 158 valence electrons. The largest absolute Gasteiger partial charge is 0.465 e. The summed E-state index contributed by atoms with van der Waals surface area (Å²) in [5.41, 5.74) is 1.06. The second-order valence-corrected chi connectivity index (χ2v) is 7.57. The normalized spacial score (nSPS) is 14.3. The molecule has 0 atom stereocenters. The van der Waals surface area contributed by atoms with E-state index in [4.69, 9.17) is 4.42 Å². The van der Waals surface area contributed by atoms with Crippen molar-refractivity contribution in [1.29, 1.82) is 0 Å². The highest BCUT2D eigenvalue weighted by Crippen LogP contribution is 2.15. The third kappa shape index (κ3) is 5.13. The van der Waals surface area contributed by atoms with Crippen molar-refractivity contribution >= 4 is 5.91 Å². The molecule has 0 aliphatic carbocycles. The van der Waals surface area contributed by atoms with Crippen LogP contribution in [0.25, 0.3) is 0 Å². The van der Waals surface area contributed by atoms with Crippen LogP contribution in [0, 0.1) is 0 Å². The molecule has 0 bridgehead atoms. The smallest absolute Gasteiger partial charge is 0.220 e. The van der Waals surface area contributed by atoms with Gasteiger partial charge in [0.15, 0.2) is 5.82 Å². The fourth-order valence-electron chi connectivity index (χ4n) is 3.70. The molecule has 1 aliphatic heterocycles. The van der Waals surface area contributed by atoms with Crippen molar-refractivity contribution in [3.8, 4) is 0 Å². The minimum atomic E-state index is 0.0102. The third-order valence-corrected chi connectivity index (χ3v) is 5.45. The summed E-state index contributed by atoms with van der Waals surface area (Å²) in [7, 11) is 0. The molecular weight excluding hydrogens is 380 g/mol. The number of furan rings is 1. The average molecular weight is 409 g/mol. The number of hydrogen-bond acceptors (Lipinski definition) is 6. The van der Waals surface area contributed by atoms with Crippen molar-refractivity contribution in [2.45, 2.75) is 52.2 Å². The first-order valence-corrected chi connectivity index (χ1v) is 10.6. The van der Waals surface area contributed by atoms with E-state index in [9.17, 15) is 4.79 Å². The first-order valence-electron chi connectivity index (χ1n) is 10.6. The fraction of sp³-hybridized carbons (Fsp3) is 0.455. The molecule has 0 radical (unpaired) electrons. The molecule has 30 heavy (non-hydrogen) atoms. The van der Waals surface area contributed by atoms with Crippen LogP contribution < -0.4 is 5.32 Å². The van der Waals surface area contributed by atoms with Gasteiger partial charge >= 0.3 is 0 Å². The predicted molar refractivity (Wildman–Crippen MR) is 111 cm³/mol. The number of nitrogens with zero attached hydrogens (tertiary/aromatic N) is 5. The van der Waals surface area contributed by atoms with Crippen LogP contribution in [0.1, 0.15) is 42.1 Å². The number of carbonyl (C=O) groups is 1. The van der Waals surface area contributed by atoms with Crippen molar-refractivity contribution in [2.75, 3.05) is 13.1 Å². The summed E-state index contributed by atoms with van der Waals surface area (Å²) >= 11 is 0. The molecule has 0 fully saturated rings. The van der Waals surface area contributed by atoms with Gasteiger partial charge in [-0.2, -0.15) is 0 Å². The number of amides is 1. The van der Waals surface area contributed by atoms with Gasteiger partial charge in [0.05, 0.1) is 13.1 Å². The lowest BCUT2D eigenvalue weighted by atomic mass is 10.1. The van der Waals surface area contributed by atoms with Crippen LogP contribution in [0.4, 0.5) is 0 Å². The molecule has 1 N–H and O–H groups in total. The number of fused-ring (bicyclic) bond motifs is 1. The van der Waals surface area contributed by atoms with E-state index >= 15 is 0 Å². The number of pyridine rings is 1. The zero-order chi connectivity index (χ0) is 20.8. The molecule has 8 heteroatoms. The summed E-state index contributed by atoms with van der Waals surface area (Å²) in [4.78, 5) is 18.7. The maximum atomic E-state index is 12.2. The molecule has 4 rings (SSSR count). The SMILES string of the molecule is CCc1ccc(CN2CCc3nnc(CNC(=O)CCc4cccnc4)n3CC2)o1. The van der Waals surface area contributed by atoms with Gasteiger partial charge in [-0.05, 0) is 30.2 Å². The van der Waals surface area contributed by atoms with E-state index in [0.29, 0.717) is 19.4 Å². The highest BCUT2D eigenvalue weighted by atomic mass is 16.3. The van der Waals surface area contributed by atoms with Gasteiger partial charge < -0.3 is 14.3 Å². The molecule has 0 spiro atoms. The summed E-state index contributed by atoms with van der Waals surface area (Å²) in [5, 5.41) is 11.6. The summed E-state index contributed by atoms with van der Waals surface area (Å²) in [6, 6.07) is 7.99. The molecule has 3 aromatic rings. The molecule has 0 saturated carbocycles. The van der Waals surface area contributed by atoms with Crippen LogP contribution in [0.2, 0.25) is 0 Å². The lowest BCUT2D eigenvalue weighted by molar-refractivity contribution is -0.121. The van der Waals surface area contributed by atoms with Gasteiger partial charge in [-0.15, -0.1) is 10.2 Å². The van der Waals surface area contributed by atoms with Crippen LogP contribution in [-0.2, 0) is 43.7 Å². The number of rotatable bonds is 8. The summed E-state index contributed by atoms with van der Waals surface area (Å²) in [6.07, 6.45) is 6.39. The number of aryl methyl sites for hydroxylation is 2. The van der Waals surface area contributed by atoms with E-state index in [0.717, 1.165) is 67.8 Å². The Morgan fingerprint density at radius 3 is 2.87 bits per heavy atom. The van der Waals surface area contributed by atoms with E-state index in [-0.39, 0.29) is 5.91 Å². The molecule has 0 saturated heterocycles. The molecule has 0 aromatic carbocycles. The first-order chi connectivity index (χ1) is 14.7. The minimum Gasteiger partial charge on any atom is -0.465 e. The Hall–Kier alpha value is -3.00. The van der Waals surface area contributed by atoms with Crippen LogP contribution in [0.15, 0.2) is 41.1 Å². The van der Waals surface area contributed by atoms with Crippen molar-refractivity contribution in [3.63, 3.8) is 0 Å². The Balaban J connectivity index is 1.27. The van der Waals surface area contributed by atoms with Gasteiger partial charge in [-0.25, -0.2) is 0 Å². The van der Waals surface area contributed by atoms with E-state index in [1.165, 1.54) is 0 Å². The minimum absolute atomic E-state index is 0.0102. The van der Waals surface area contributed by atoms with Crippen LogP contribution in [-0.4, -0.2) is 43.6 Å². The number of carbonyl (C=O) groups excluding carboxylic acids is 1. The Morgan fingerprint density at radius 2 is 2.07 bits per heavy atom. The zero-order valence-electron chi connectivity index (χ0n) is 17.4. The second kappa shape index (κ2) is 9.67. The molecule has 4 heterocycles. The molecule has 0 unspecified atom stereocenters. The summed E-state index contributed by atoms with van der Waals surface area (Å²) in [5.74, 6) is 3.83. The van der Waals surface area contributed by atoms with Gasteiger partial charge in [0, 0.05) is 51.3 Å². The average Bonchev–Trinajstić information content (AvgIpc) is 3.34. The lowest BCUT2D eigenvalue weighted by Crippen LogP contribution is -2.28. The highest BCUT2D eigenvalue weighted by molar-refractivity contribution is 5.76. The van der Waals surface area contributed by atoms with E-state index < -0.39 is 0 Å². The van der Waals surface area contributed by atoms with Crippen molar-refractivity contribution in [1.82, 2.24) is 30.0 Å². The van der Waals surface area contributed by atoms with Crippen molar-refractivity contribution < 1.29 is 9.21 Å². The van der Waals surface area contributed by atoms with Crippen LogP contribution in [0.3, 0.4) is 0 Å². The van der Waals surface area contributed by atoms with Crippen molar-refractivity contribution in [2.24, 2.45) is 0 Å². The maximum Gasteiger partial charge on any atom is 0.220 e. The van der Waals surface area contributed by atoms with E-state index in [1.807, 2.05) is 12.1 Å². The first kappa shape index (κ1) is 20.3. The Labute approximate surface area is 176 Å². The van der Waals surface area contributed by atoms with E-state index in [1.54, 1.807) is 12.4 Å². The third-order valence-electron chi connectivity index (χ3n) is 5.45. The zero-order valence-corrected chi connectivity index (χ0v) is 17.4. The Kier molecular flexibility index (Phi) is 6.53. The fourth-order valence-corrected chi connectivity index (χ4v) is 3.70. The second-order valence-electron chi connectivity index (χ2n) is 7.57. The molecule has 1 aliphatic rings. The number of hydrogen-bond donors (Lipinski definition) is 1. The molecule has 3 aromatic heterocycles. The highest BCUT2D eigenvalue weighted by Gasteiger charge is 2.19. The maximum absolute atomic E-state index is 12.2. The topological polar surface area (TPSA) is 89.1 Å². The number of nitrogens with one attached hydrogen (secondary N) is 1. The predicted octanol–water partition coefficient (Wildman–Crippen LogP) is 2.14. The van der Waals surface area contributed by atoms with Crippen molar-refractivity contribution in [3.05, 3.63) is 65.4 Å². The Bertz CT molecular complexity index is 965. The van der Waals surface area contributed by atoms with Gasteiger partial charge in [0.25, 0.3) is 0 Å². The van der Waals surface area contributed by atoms with Gasteiger partial charge in [0.1, 0.15) is 17.3 Å². The van der Waals surface area contributed by atoms with Crippen LogP contribution >= 0.6 is 0 Å². The van der Waals surface area contributed by atoms with Gasteiger partial charge in [0.2, 0.25) is 5.91 Å². The number of aromatic nitrogens is 4. The standard InChI is InChI=1S/C22H28N6O2/c1-2-18-6-7-19(30-18)16-27-11-9-20-25-26-21(28(20)13-12-27)15-24-22(29)8-5-17-4-3-10-23-14-17/h3-4,6-7,10,14H,2,5,8-9,11-13,15-16H2,1H3,(H,24,29). The summed E-state index contributed by atoms with van der Waals surface area (Å²) in [6.45, 7) is 5.92. The summed E-state index contributed by atoms with van der Waals surface area (Å²) < 4.78 is 7.99. The van der Waals surface area contributed by atoms with Gasteiger partial charge in [-0.1, -0.05) is 13.0 Å². The molecular formula is C22H28N6O2. The molecule has 1 amide bonds. The van der Waals surface area contributed by atoms with Gasteiger partial charge in [-0.3, -0.25) is 14.7 Å².